The fourth-order valence-electron chi connectivity index (χ4n) is 10.8. The van der Waals surface area contributed by atoms with Gasteiger partial charge in [0.15, 0.2) is 12.2 Å². The van der Waals surface area contributed by atoms with Gasteiger partial charge in [0.05, 0.1) is 26.4 Å². The van der Waals surface area contributed by atoms with E-state index in [2.05, 4.69) is 113 Å². The second kappa shape index (κ2) is 73.5. The number of esters is 4. The van der Waals surface area contributed by atoms with Crippen molar-refractivity contribution in [1.82, 2.24) is 0 Å². The van der Waals surface area contributed by atoms with Crippen molar-refractivity contribution in [2.75, 3.05) is 39.6 Å². The van der Waals surface area contributed by atoms with E-state index in [4.69, 9.17) is 37.0 Å². The smallest absolute Gasteiger partial charge is 0.462 e. The number of ether oxygens (including phenoxy) is 4. The van der Waals surface area contributed by atoms with Gasteiger partial charge in [0.25, 0.3) is 0 Å². The van der Waals surface area contributed by atoms with Crippen LogP contribution in [0.25, 0.3) is 0 Å². The van der Waals surface area contributed by atoms with Crippen molar-refractivity contribution >= 4 is 39.5 Å². The molecule has 5 unspecified atom stereocenters. The molecule has 0 saturated carbocycles. The molecule has 100 heavy (non-hydrogen) atoms. The number of rotatable bonds is 75. The normalized spacial score (nSPS) is 14.3. The van der Waals surface area contributed by atoms with Crippen LogP contribution in [0.15, 0.2) is 85.1 Å². The maximum atomic E-state index is 13.1. The summed E-state index contributed by atoms with van der Waals surface area (Å²) in [4.78, 5) is 73.0. The minimum absolute atomic E-state index is 0.0808. The Kier molecular flexibility index (Phi) is 70.8. The van der Waals surface area contributed by atoms with E-state index >= 15 is 0 Å². The van der Waals surface area contributed by atoms with Crippen LogP contribution < -0.4 is 0 Å². The van der Waals surface area contributed by atoms with Crippen LogP contribution in [0, 0.1) is 0 Å². The molecule has 5 atom stereocenters. The van der Waals surface area contributed by atoms with Crippen LogP contribution in [-0.2, 0) is 65.4 Å². The molecule has 0 aliphatic carbocycles. The molecule has 0 fully saturated rings. The molecule has 0 heterocycles. The second-order valence-electron chi connectivity index (χ2n) is 26.6. The van der Waals surface area contributed by atoms with Gasteiger partial charge < -0.3 is 33.8 Å². The van der Waals surface area contributed by atoms with Gasteiger partial charge in [0.1, 0.15) is 19.3 Å². The van der Waals surface area contributed by atoms with Crippen molar-refractivity contribution in [1.29, 1.82) is 0 Å². The molecule has 0 aromatic carbocycles. The van der Waals surface area contributed by atoms with Gasteiger partial charge >= 0.3 is 39.5 Å². The van der Waals surface area contributed by atoms with E-state index in [1.807, 2.05) is 0 Å². The Bertz CT molecular complexity index is 2230. The maximum Gasteiger partial charge on any atom is 0.472 e. The van der Waals surface area contributed by atoms with E-state index in [9.17, 15) is 43.2 Å². The van der Waals surface area contributed by atoms with Crippen LogP contribution >= 0.6 is 15.6 Å². The van der Waals surface area contributed by atoms with Gasteiger partial charge in [-0.3, -0.25) is 37.3 Å². The van der Waals surface area contributed by atoms with Gasteiger partial charge in [0.2, 0.25) is 0 Å². The van der Waals surface area contributed by atoms with E-state index < -0.39 is 97.5 Å². The van der Waals surface area contributed by atoms with Crippen LogP contribution in [0.4, 0.5) is 0 Å². The molecule has 0 aliphatic heterocycles. The Morgan fingerprint density at radius 2 is 0.520 bits per heavy atom. The van der Waals surface area contributed by atoms with E-state index in [-0.39, 0.29) is 25.7 Å². The predicted octanol–water partition coefficient (Wildman–Crippen LogP) is 23.0. The summed E-state index contributed by atoms with van der Waals surface area (Å²) >= 11 is 0. The van der Waals surface area contributed by atoms with Crippen molar-refractivity contribution in [3.05, 3.63) is 85.1 Å². The number of hydrogen-bond acceptors (Lipinski definition) is 15. The molecule has 3 N–H and O–H groups in total. The first-order valence-electron chi connectivity index (χ1n) is 39.8. The minimum atomic E-state index is -4.98. The van der Waals surface area contributed by atoms with Crippen molar-refractivity contribution < 1.29 is 80.2 Å². The summed E-state index contributed by atoms with van der Waals surface area (Å²) in [5.41, 5.74) is 0. The molecule has 580 valence electrons. The molecule has 0 aliphatic rings. The summed E-state index contributed by atoms with van der Waals surface area (Å²) in [5.74, 6) is -2.20. The highest BCUT2D eigenvalue weighted by molar-refractivity contribution is 7.47. The quantitative estimate of drug-likeness (QED) is 0.0169. The fourth-order valence-corrected chi connectivity index (χ4v) is 12.3. The molecule has 0 aromatic rings. The summed E-state index contributed by atoms with van der Waals surface area (Å²) in [6, 6.07) is 0. The van der Waals surface area contributed by atoms with Crippen LogP contribution in [-0.4, -0.2) is 96.7 Å². The zero-order chi connectivity index (χ0) is 73.2. The summed E-state index contributed by atoms with van der Waals surface area (Å²) in [6.45, 7) is 4.73. The summed E-state index contributed by atoms with van der Waals surface area (Å²) in [7, 11) is -9.96. The number of carbonyl (C=O) groups excluding carboxylic acids is 4. The Hall–Kier alpha value is -3.76. The molecule has 0 aromatic heterocycles. The van der Waals surface area contributed by atoms with Gasteiger partial charge in [-0.15, -0.1) is 0 Å². The summed E-state index contributed by atoms with van der Waals surface area (Å²) in [5, 5.41) is 10.6. The van der Waals surface area contributed by atoms with Crippen LogP contribution in [0.1, 0.15) is 349 Å². The number of aliphatic hydroxyl groups is 1. The number of hydrogen-bond donors (Lipinski definition) is 3. The van der Waals surface area contributed by atoms with Crippen molar-refractivity contribution in [3.63, 3.8) is 0 Å². The fraction of sp³-hybridized carbons (Fsp3) is 0.778. The van der Waals surface area contributed by atoms with E-state index in [1.165, 1.54) is 109 Å². The van der Waals surface area contributed by atoms with Crippen LogP contribution in [0.3, 0.4) is 0 Å². The number of aliphatic hydroxyl groups excluding tert-OH is 1. The first-order chi connectivity index (χ1) is 48.7. The third-order valence-corrected chi connectivity index (χ3v) is 18.7. The first-order valence-corrected chi connectivity index (χ1v) is 42.8. The zero-order valence-electron chi connectivity index (χ0n) is 63.4. The average molecular weight is 1450 g/mol. The predicted molar refractivity (Wildman–Crippen MR) is 409 cm³/mol. The minimum Gasteiger partial charge on any atom is -0.462 e. The zero-order valence-corrected chi connectivity index (χ0v) is 65.2. The largest absolute Gasteiger partial charge is 0.472 e. The third-order valence-electron chi connectivity index (χ3n) is 16.8. The standard InChI is InChI=1S/C81H144O17P2/c1-5-9-13-17-21-25-29-33-36-37-40-43-46-50-54-58-62-66-79(84)92-72-77(98-81(86)68-64-60-56-52-48-44-39-35-31-27-23-19-15-11-7-3)74-96-100(89,90)94-70-75(82)69-93-99(87,88)95-73-76(97-80(85)67-63-59-55-51-47-41-32-28-24-20-16-12-8-4)71-91-78(83)65-61-57-53-49-45-42-38-34-30-26-22-18-14-10-6-2/h9,13,21-22,25-26,33-36,38-40,43,75-77,82H,5-8,10-12,14-20,23-24,27-32,37,41-42,44-74H2,1-4H3,(H,87,88)(H,89,90)/b13-9-,25-21-,26-22-,36-33-,38-34-,39-35-,43-40-. The van der Waals surface area contributed by atoms with Gasteiger partial charge in [-0.2, -0.15) is 0 Å². The highest BCUT2D eigenvalue weighted by Crippen LogP contribution is 2.45. The van der Waals surface area contributed by atoms with Crippen LogP contribution in [0.5, 0.6) is 0 Å². The molecule has 17 nitrogen and oxygen atoms in total. The Labute approximate surface area is 608 Å². The second-order valence-corrected chi connectivity index (χ2v) is 29.5. The lowest BCUT2D eigenvalue weighted by atomic mass is 10.0. The topological polar surface area (TPSA) is 237 Å². The van der Waals surface area contributed by atoms with E-state index in [0.29, 0.717) is 25.7 Å². The highest BCUT2D eigenvalue weighted by Gasteiger charge is 2.30. The number of unbranched alkanes of at least 4 members (excludes halogenated alkanes) is 35. The number of allylic oxidation sites excluding steroid dienone is 14. The lowest BCUT2D eigenvalue weighted by molar-refractivity contribution is -0.161. The first kappa shape index (κ1) is 96.2. The van der Waals surface area contributed by atoms with Gasteiger partial charge in [-0.25, -0.2) is 9.13 Å². The highest BCUT2D eigenvalue weighted by atomic mass is 31.2. The lowest BCUT2D eigenvalue weighted by Crippen LogP contribution is -2.30. The van der Waals surface area contributed by atoms with Crippen molar-refractivity contribution in [2.24, 2.45) is 0 Å². The van der Waals surface area contributed by atoms with Crippen molar-refractivity contribution in [2.45, 2.75) is 367 Å². The molecule has 0 saturated heterocycles. The van der Waals surface area contributed by atoms with Crippen LogP contribution in [0.2, 0.25) is 0 Å². The SMILES string of the molecule is CC/C=C\C/C=C\C/C=C\C/C=C\CCCCCCC(=O)OCC(COP(=O)(O)OCC(O)COP(=O)(O)OCC(COC(=O)CCCCCCC/C=C\C/C=C\CCCCC)OC(=O)CCCCCCCCCCCCCCC)OC(=O)CCCCCCC/C=C\CCCCCCCC. The number of phosphoric ester groups is 2. The average Bonchev–Trinajstić information content (AvgIpc) is 1.06. The summed E-state index contributed by atoms with van der Waals surface area (Å²) in [6.07, 6.45) is 75.6. The molecule has 0 amide bonds. The Morgan fingerprint density at radius 1 is 0.290 bits per heavy atom. The molecule has 0 radical (unpaired) electrons. The molecule has 0 spiro atoms. The van der Waals surface area contributed by atoms with Gasteiger partial charge in [0, 0.05) is 25.7 Å². The molecular weight excluding hydrogens is 1310 g/mol. The molecule has 0 bridgehead atoms. The maximum absolute atomic E-state index is 13.1. The van der Waals surface area contributed by atoms with E-state index in [0.717, 1.165) is 161 Å². The monoisotopic (exact) mass is 1450 g/mol. The Balaban J connectivity index is 5.36. The van der Waals surface area contributed by atoms with Gasteiger partial charge in [-0.1, -0.05) is 286 Å². The third kappa shape index (κ3) is 72.6. The Morgan fingerprint density at radius 3 is 0.830 bits per heavy atom. The molecular formula is C81H144O17P2. The lowest BCUT2D eigenvalue weighted by Gasteiger charge is -2.21. The van der Waals surface area contributed by atoms with Crippen molar-refractivity contribution in [3.8, 4) is 0 Å². The molecule has 0 rings (SSSR count). The molecule has 19 heteroatoms. The number of carbonyl (C=O) groups is 4. The summed E-state index contributed by atoms with van der Waals surface area (Å²) < 4.78 is 68.6. The van der Waals surface area contributed by atoms with Gasteiger partial charge in [-0.05, 0) is 122 Å². The number of phosphoric acid groups is 2. The van der Waals surface area contributed by atoms with E-state index in [1.54, 1.807) is 0 Å².